The van der Waals surface area contributed by atoms with Gasteiger partial charge in [0.2, 0.25) is 0 Å². The fourth-order valence-electron chi connectivity index (χ4n) is 4.19. The highest BCUT2D eigenvalue weighted by molar-refractivity contribution is 6.12. The van der Waals surface area contributed by atoms with Crippen LogP contribution < -0.4 is 33.9 Å². The average molecular weight is 448 g/mol. The van der Waals surface area contributed by atoms with Gasteiger partial charge >= 0.3 is 0 Å². The molecule has 0 saturated heterocycles. The fourth-order valence-corrected chi connectivity index (χ4v) is 4.19. The third-order valence-electron chi connectivity index (χ3n) is 5.76. The monoisotopic (exact) mass is 448 g/mol. The Morgan fingerprint density at radius 1 is 0.848 bits per heavy atom. The van der Waals surface area contributed by atoms with Crippen LogP contribution in [0.15, 0.2) is 54.6 Å². The number of ether oxygens (including phenoxy) is 5. The molecular weight excluding hydrogens is 424 g/mol. The van der Waals surface area contributed by atoms with E-state index in [1.165, 1.54) is 0 Å². The molecule has 3 aromatic rings. The van der Waals surface area contributed by atoms with E-state index in [2.05, 4.69) is 5.32 Å². The van der Waals surface area contributed by atoms with E-state index in [0.29, 0.717) is 58.8 Å². The summed E-state index contributed by atoms with van der Waals surface area (Å²) in [5.74, 6) is 2.73. The Morgan fingerprint density at radius 3 is 2.30 bits per heavy atom. The number of rotatable bonds is 5. The number of hydrogen-bond donors (Lipinski definition) is 1. The molecule has 8 heteroatoms. The fraction of sp³-hybridized carbons (Fsp3) is 0.240. The molecule has 5 rings (SSSR count). The first kappa shape index (κ1) is 20.8. The van der Waals surface area contributed by atoms with Crippen LogP contribution >= 0.6 is 0 Å². The van der Waals surface area contributed by atoms with Crippen molar-refractivity contribution in [1.29, 1.82) is 0 Å². The minimum atomic E-state index is -0.579. The van der Waals surface area contributed by atoms with E-state index < -0.39 is 6.17 Å². The first-order valence-electron chi connectivity index (χ1n) is 10.5. The highest BCUT2D eigenvalue weighted by atomic mass is 16.6. The van der Waals surface area contributed by atoms with Crippen LogP contribution in [0.1, 0.15) is 22.1 Å². The molecule has 0 fully saturated rings. The molecule has 1 unspecified atom stereocenters. The number of methoxy groups -OCH3 is 3. The molecule has 1 atom stereocenters. The summed E-state index contributed by atoms with van der Waals surface area (Å²) in [6.45, 7) is 0.952. The maximum Gasteiger partial charge on any atom is 0.262 e. The normalized spacial score (nSPS) is 16.5. The van der Waals surface area contributed by atoms with Crippen molar-refractivity contribution in [2.75, 3.05) is 44.8 Å². The number of para-hydroxylation sites is 1. The highest BCUT2D eigenvalue weighted by Crippen LogP contribution is 2.45. The lowest BCUT2D eigenvalue weighted by molar-refractivity contribution is 0.0974. The Kier molecular flexibility index (Phi) is 5.34. The third kappa shape index (κ3) is 3.53. The number of carbonyl (C=O) groups is 1. The predicted octanol–water partition coefficient (Wildman–Crippen LogP) is 4.25. The summed E-state index contributed by atoms with van der Waals surface area (Å²) in [5.41, 5.74) is 2.68. The van der Waals surface area contributed by atoms with E-state index in [1.54, 1.807) is 38.4 Å². The van der Waals surface area contributed by atoms with Crippen molar-refractivity contribution in [3.8, 4) is 28.7 Å². The van der Waals surface area contributed by atoms with E-state index >= 15 is 0 Å². The summed E-state index contributed by atoms with van der Waals surface area (Å²) in [4.78, 5) is 15.4. The smallest absolute Gasteiger partial charge is 0.262 e. The molecule has 2 aliphatic rings. The molecule has 2 heterocycles. The van der Waals surface area contributed by atoms with Crippen molar-refractivity contribution < 1.29 is 28.5 Å². The lowest BCUT2D eigenvalue weighted by atomic mass is 10.0. The van der Waals surface area contributed by atoms with Gasteiger partial charge in [0, 0.05) is 23.4 Å². The van der Waals surface area contributed by atoms with E-state index in [0.717, 1.165) is 5.69 Å². The van der Waals surface area contributed by atoms with Gasteiger partial charge in [-0.25, -0.2) is 0 Å². The molecule has 0 spiro atoms. The maximum absolute atomic E-state index is 13.8. The van der Waals surface area contributed by atoms with Gasteiger partial charge in [0.05, 0.1) is 32.6 Å². The Labute approximate surface area is 191 Å². The molecule has 33 heavy (non-hydrogen) atoms. The number of anilines is 2. The molecule has 2 aliphatic heterocycles. The number of nitrogens with one attached hydrogen (secondary N) is 1. The summed E-state index contributed by atoms with van der Waals surface area (Å²) in [5, 5.41) is 3.49. The molecule has 0 aromatic heterocycles. The number of benzene rings is 3. The summed E-state index contributed by atoms with van der Waals surface area (Å²) in [6.07, 6.45) is -0.579. The van der Waals surface area contributed by atoms with Crippen LogP contribution in [0.5, 0.6) is 28.7 Å². The number of hydrogen-bond acceptors (Lipinski definition) is 7. The Bertz CT molecular complexity index is 1210. The van der Waals surface area contributed by atoms with Gasteiger partial charge in [-0.3, -0.25) is 9.69 Å². The van der Waals surface area contributed by atoms with Crippen LogP contribution in [0, 0.1) is 0 Å². The van der Waals surface area contributed by atoms with Crippen molar-refractivity contribution in [3.05, 3.63) is 65.7 Å². The van der Waals surface area contributed by atoms with Gasteiger partial charge in [0.25, 0.3) is 5.91 Å². The predicted molar refractivity (Wildman–Crippen MR) is 123 cm³/mol. The SMILES string of the molecule is COc1cc(OC)c(C2Nc3ccccc3C(=O)N2c2ccc3c(c2)OCCO3)cc1OC. The topological polar surface area (TPSA) is 78.5 Å². The third-order valence-corrected chi connectivity index (χ3v) is 5.76. The number of fused-ring (bicyclic) bond motifs is 2. The molecule has 1 N–H and O–H groups in total. The quantitative estimate of drug-likeness (QED) is 0.625. The first-order valence-corrected chi connectivity index (χ1v) is 10.5. The van der Waals surface area contributed by atoms with Crippen LogP contribution in [0.3, 0.4) is 0 Å². The molecule has 0 radical (unpaired) electrons. The number of amides is 1. The number of nitrogens with zero attached hydrogens (tertiary/aromatic N) is 1. The van der Waals surface area contributed by atoms with Crippen LogP contribution in [-0.2, 0) is 0 Å². The summed E-state index contributed by atoms with van der Waals surface area (Å²) >= 11 is 0. The zero-order valence-corrected chi connectivity index (χ0v) is 18.6. The van der Waals surface area contributed by atoms with Gasteiger partial charge in [-0.05, 0) is 30.3 Å². The summed E-state index contributed by atoms with van der Waals surface area (Å²) < 4.78 is 28.1. The number of carbonyl (C=O) groups excluding carboxylic acids is 1. The van der Waals surface area contributed by atoms with Crippen LogP contribution in [0.25, 0.3) is 0 Å². The van der Waals surface area contributed by atoms with Gasteiger partial charge in [0.1, 0.15) is 25.1 Å². The van der Waals surface area contributed by atoms with Crippen molar-refractivity contribution >= 4 is 17.3 Å². The maximum atomic E-state index is 13.8. The molecular formula is C25H24N2O6. The Morgan fingerprint density at radius 2 is 1.55 bits per heavy atom. The van der Waals surface area contributed by atoms with Crippen molar-refractivity contribution in [3.63, 3.8) is 0 Å². The lowest BCUT2D eigenvalue weighted by Crippen LogP contribution is -2.43. The van der Waals surface area contributed by atoms with E-state index in [-0.39, 0.29) is 5.91 Å². The Balaban J connectivity index is 1.68. The molecule has 8 nitrogen and oxygen atoms in total. The van der Waals surface area contributed by atoms with Gasteiger partial charge < -0.3 is 29.0 Å². The second kappa shape index (κ2) is 8.46. The summed E-state index contributed by atoms with van der Waals surface area (Å²) in [7, 11) is 4.72. The van der Waals surface area contributed by atoms with E-state index in [4.69, 9.17) is 23.7 Å². The van der Waals surface area contributed by atoms with Crippen molar-refractivity contribution in [2.24, 2.45) is 0 Å². The van der Waals surface area contributed by atoms with Crippen LogP contribution in [0.4, 0.5) is 11.4 Å². The molecule has 0 aliphatic carbocycles. The molecule has 170 valence electrons. The highest BCUT2D eigenvalue weighted by Gasteiger charge is 2.36. The minimum Gasteiger partial charge on any atom is -0.496 e. The second-order valence-electron chi connectivity index (χ2n) is 7.54. The van der Waals surface area contributed by atoms with Crippen molar-refractivity contribution in [1.82, 2.24) is 0 Å². The van der Waals surface area contributed by atoms with Crippen molar-refractivity contribution in [2.45, 2.75) is 6.17 Å². The van der Waals surface area contributed by atoms with E-state index in [9.17, 15) is 4.79 Å². The first-order chi connectivity index (χ1) is 16.1. The van der Waals surface area contributed by atoms with Gasteiger partial charge in [-0.15, -0.1) is 0 Å². The Hall–Kier alpha value is -4.07. The zero-order chi connectivity index (χ0) is 22.9. The average Bonchev–Trinajstić information content (AvgIpc) is 2.87. The van der Waals surface area contributed by atoms with Gasteiger partial charge in [-0.1, -0.05) is 12.1 Å². The minimum absolute atomic E-state index is 0.150. The zero-order valence-electron chi connectivity index (χ0n) is 18.6. The summed E-state index contributed by atoms with van der Waals surface area (Å²) in [6, 6.07) is 16.5. The van der Waals surface area contributed by atoms with Crippen LogP contribution in [0.2, 0.25) is 0 Å². The largest absolute Gasteiger partial charge is 0.496 e. The standard InChI is InChI=1S/C25H24N2O6/c1-29-20-14-22(31-3)21(30-2)13-17(20)24-26-18-7-5-4-6-16(18)25(28)27(24)15-8-9-19-23(12-15)33-11-10-32-19/h4-9,12-14,24,26H,10-11H2,1-3H3. The van der Waals surface area contributed by atoms with E-state index in [1.807, 2.05) is 42.5 Å². The molecule has 0 bridgehead atoms. The van der Waals surface area contributed by atoms with Gasteiger partial charge in [-0.2, -0.15) is 0 Å². The molecule has 3 aromatic carbocycles. The molecule has 1 amide bonds. The molecule has 0 saturated carbocycles. The lowest BCUT2D eigenvalue weighted by Gasteiger charge is -2.39. The van der Waals surface area contributed by atoms with Gasteiger partial charge in [0.15, 0.2) is 23.0 Å². The second-order valence-corrected chi connectivity index (χ2v) is 7.54. The van der Waals surface area contributed by atoms with Crippen LogP contribution in [-0.4, -0.2) is 40.5 Å².